The predicted octanol–water partition coefficient (Wildman–Crippen LogP) is 3.61. The molecule has 2 aromatic rings. The van der Waals surface area contributed by atoms with Crippen LogP contribution < -0.4 is 5.32 Å². The predicted molar refractivity (Wildman–Crippen MR) is 66.2 cm³/mol. The van der Waals surface area contributed by atoms with Crippen molar-refractivity contribution in [2.45, 2.75) is 12.5 Å². The van der Waals surface area contributed by atoms with E-state index in [1.54, 1.807) is 23.9 Å². The lowest BCUT2D eigenvalue weighted by Gasteiger charge is -2.14. The second-order valence-electron chi connectivity index (χ2n) is 3.31. The van der Waals surface area contributed by atoms with Crippen LogP contribution in [0.5, 0.6) is 0 Å². The van der Waals surface area contributed by atoms with Crippen molar-refractivity contribution in [2.75, 3.05) is 7.05 Å². The third-order valence-electron chi connectivity index (χ3n) is 2.33. The molecule has 0 aromatic carbocycles. The highest BCUT2D eigenvalue weighted by Gasteiger charge is 2.14. The molecule has 0 saturated carbocycles. The fourth-order valence-electron chi connectivity index (χ4n) is 1.52. The van der Waals surface area contributed by atoms with Crippen molar-refractivity contribution < 1.29 is 4.42 Å². The second-order valence-corrected chi connectivity index (χ2v) is 5.11. The van der Waals surface area contributed by atoms with Gasteiger partial charge in [0, 0.05) is 15.4 Å². The summed E-state index contributed by atoms with van der Waals surface area (Å²) in [5, 5.41) is 5.42. The molecule has 0 aliphatic rings. The SMILES string of the molecule is CNC(Cc1ccoc1)c1sccc1Br. The molecule has 2 heterocycles. The maximum Gasteiger partial charge on any atom is 0.0935 e. The first-order valence-electron chi connectivity index (χ1n) is 4.72. The quantitative estimate of drug-likeness (QED) is 0.929. The lowest BCUT2D eigenvalue weighted by molar-refractivity contribution is 0.553. The molecule has 4 heteroatoms. The molecule has 0 radical (unpaired) electrons. The number of hydrogen-bond donors (Lipinski definition) is 1. The number of halogens is 1. The summed E-state index contributed by atoms with van der Waals surface area (Å²) in [7, 11) is 1.98. The van der Waals surface area contributed by atoms with E-state index in [-0.39, 0.29) is 0 Å². The summed E-state index contributed by atoms with van der Waals surface area (Å²) in [6.45, 7) is 0. The smallest absolute Gasteiger partial charge is 0.0935 e. The van der Waals surface area contributed by atoms with Gasteiger partial charge in [0.2, 0.25) is 0 Å². The molecule has 1 atom stereocenters. The Morgan fingerprint density at radius 3 is 2.93 bits per heavy atom. The van der Waals surface area contributed by atoms with Crippen LogP contribution >= 0.6 is 27.3 Å². The molecule has 0 aliphatic heterocycles. The van der Waals surface area contributed by atoms with Gasteiger partial charge in [-0.2, -0.15) is 0 Å². The van der Waals surface area contributed by atoms with E-state index in [0.717, 1.165) is 6.42 Å². The molecule has 2 aromatic heterocycles. The molecular formula is C11H12BrNOS. The summed E-state index contributed by atoms with van der Waals surface area (Å²) in [5.74, 6) is 0. The standard InChI is InChI=1S/C11H12BrNOS/c1-13-10(6-8-2-4-14-7-8)11-9(12)3-5-15-11/h2-5,7,10,13H,6H2,1H3. The molecular weight excluding hydrogens is 274 g/mol. The van der Waals surface area contributed by atoms with Crippen molar-refractivity contribution in [3.63, 3.8) is 0 Å². The van der Waals surface area contributed by atoms with Crippen molar-refractivity contribution in [3.05, 3.63) is 45.0 Å². The largest absolute Gasteiger partial charge is 0.472 e. The van der Waals surface area contributed by atoms with Gasteiger partial charge < -0.3 is 9.73 Å². The highest BCUT2D eigenvalue weighted by molar-refractivity contribution is 9.10. The number of hydrogen-bond acceptors (Lipinski definition) is 3. The molecule has 80 valence electrons. The van der Waals surface area contributed by atoms with Crippen LogP contribution in [0.1, 0.15) is 16.5 Å². The first kappa shape index (κ1) is 10.9. The Bertz CT molecular complexity index is 410. The first-order chi connectivity index (χ1) is 7.31. The van der Waals surface area contributed by atoms with Gasteiger partial charge in [-0.3, -0.25) is 0 Å². The van der Waals surface area contributed by atoms with E-state index in [2.05, 4.69) is 32.7 Å². The highest BCUT2D eigenvalue weighted by atomic mass is 79.9. The average molecular weight is 286 g/mol. The lowest BCUT2D eigenvalue weighted by atomic mass is 10.1. The minimum atomic E-state index is 0.344. The van der Waals surface area contributed by atoms with Crippen molar-refractivity contribution >= 4 is 27.3 Å². The van der Waals surface area contributed by atoms with Crippen LogP contribution in [0.15, 0.2) is 38.9 Å². The molecule has 2 nitrogen and oxygen atoms in total. The van der Waals surface area contributed by atoms with Gasteiger partial charge in [-0.15, -0.1) is 11.3 Å². The summed E-state index contributed by atoms with van der Waals surface area (Å²) < 4.78 is 6.25. The molecule has 15 heavy (non-hydrogen) atoms. The van der Waals surface area contributed by atoms with Crippen LogP contribution in [0.3, 0.4) is 0 Å². The van der Waals surface area contributed by atoms with Gasteiger partial charge in [0.25, 0.3) is 0 Å². The van der Waals surface area contributed by atoms with Crippen molar-refractivity contribution in [1.29, 1.82) is 0 Å². The van der Waals surface area contributed by atoms with Gasteiger partial charge in [-0.1, -0.05) is 0 Å². The zero-order chi connectivity index (χ0) is 10.7. The zero-order valence-corrected chi connectivity index (χ0v) is 10.8. The topological polar surface area (TPSA) is 25.2 Å². The van der Waals surface area contributed by atoms with E-state index >= 15 is 0 Å². The number of nitrogens with one attached hydrogen (secondary N) is 1. The normalized spacial score (nSPS) is 12.9. The Hall–Kier alpha value is -0.580. The fraction of sp³-hybridized carbons (Fsp3) is 0.273. The van der Waals surface area contributed by atoms with Crippen molar-refractivity contribution in [3.8, 4) is 0 Å². The number of furan rings is 1. The summed E-state index contributed by atoms with van der Waals surface area (Å²) >= 11 is 5.32. The maximum absolute atomic E-state index is 5.07. The molecule has 0 aliphatic carbocycles. The molecule has 0 saturated heterocycles. The number of rotatable bonds is 4. The van der Waals surface area contributed by atoms with E-state index in [1.807, 2.05) is 13.1 Å². The average Bonchev–Trinajstić information content (AvgIpc) is 2.85. The third kappa shape index (κ3) is 2.51. The zero-order valence-electron chi connectivity index (χ0n) is 8.37. The van der Waals surface area contributed by atoms with Crippen LogP contribution in [0.4, 0.5) is 0 Å². The monoisotopic (exact) mass is 285 g/mol. The van der Waals surface area contributed by atoms with E-state index in [4.69, 9.17) is 4.42 Å². The minimum absolute atomic E-state index is 0.344. The summed E-state index contributed by atoms with van der Waals surface area (Å²) in [6, 6.07) is 4.43. The van der Waals surface area contributed by atoms with E-state index in [1.165, 1.54) is 14.9 Å². The van der Waals surface area contributed by atoms with E-state index in [0.29, 0.717) is 6.04 Å². The molecule has 0 amide bonds. The Kier molecular flexibility index (Phi) is 3.61. The summed E-state index contributed by atoms with van der Waals surface area (Å²) in [5.41, 5.74) is 1.22. The second kappa shape index (κ2) is 4.96. The Morgan fingerprint density at radius 2 is 2.40 bits per heavy atom. The molecule has 1 N–H and O–H groups in total. The van der Waals surface area contributed by atoms with Crippen LogP contribution in [0, 0.1) is 0 Å². The first-order valence-corrected chi connectivity index (χ1v) is 6.39. The molecule has 0 bridgehead atoms. The van der Waals surface area contributed by atoms with Gasteiger partial charge in [0.05, 0.1) is 12.5 Å². The van der Waals surface area contributed by atoms with Gasteiger partial charge in [-0.05, 0) is 52.5 Å². The van der Waals surface area contributed by atoms with Crippen LogP contribution in [-0.2, 0) is 6.42 Å². The highest BCUT2D eigenvalue weighted by Crippen LogP contribution is 2.30. The summed E-state index contributed by atoms with van der Waals surface area (Å²) in [4.78, 5) is 1.33. The molecule has 1 unspecified atom stereocenters. The molecule has 2 rings (SSSR count). The Morgan fingerprint density at radius 1 is 1.53 bits per heavy atom. The van der Waals surface area contributed by atoms with Gasteiger partial charge >= 0.3 is 0 Å². The van der Waals surface area contributed by atoms with Crippen molar-refractivity contribution in [2.24, 2.45) is 0 Å². The van der Waals surface area contributed by atoms with Gasteiger partial charge in [0.15, 0.2) is 0 Å². The van der Waals surface area contributed by atoms with Crippen LogP contribution in [0.25, 0.3) is 0 Å². The molecule has 0 fully saturated rings. The fourth-order valence-corrected chi connectivity index (χ4v) is 3.29. The summed E-state index contributed by atoms with van der Waals surface area (Å²) in [6.07, 6.45) is 4.46. The van der Waals surface area contributed by atoms with Gasteiger partial charge in [-0.25, -0.2) is 0 Å². The Balaban J connectivity index is 2.15. The number of likely N-dealkylation sites (N-methyl/N-ethyl adjacent to an activating group) is 1. The lowest BCUT2D eigenvalue weighted by Crippen LogP contribution is -2.17. The molecule has 0 spiro atoms. The van der Waals surface area contributed by atoms with Crippen molar-refractivity contribution in [1.82, 2.24) is 5.32 Å². The van der Waals surface area contributed by atoms with Crippen LogP contribution in [-0.4, -0.2) is 7.05 Å². The van der Waals surface area contributed by atoms with Gasteiger partial charge in [0.1, 0.15) is 0 Å². The third-order valence-corrected chi connectivity index (χ3v) is 4.31. The Labute approximate surface area is 101 Å². The minimum Gasteiger partial charge on any atom is -0.472 e. The van der Waals surface area contributed by atoms with E-state index in [9.17, 15) is 0 Å². The van der Waals surface area contributed by atoms with E-state index < -0.39 is 0 Å². The number of thiophene rings is 1. The maximum atomic E-state index is 5.07. The van der Waals surface area contributed by atoms with Crippen LogP contribution in [0.2, 0.25) is 0 Å².